The Morgan fingerprint density at radius 2 is 2.10 bits per heavy atom. The van der Waals surface area contributed by atoms with Gasteiger partial charge in [0.1, 0.15) is 5.75 Å². The lowest BCUT2D eigenvalue weighted by Crippen LogP contribution is -2.33. The first-order valence-electron chi connectivity index (χ1n) is 6.50. The maximum absolute atomic E-state index is 12.2. The largest absolute Gasteiger partial charge is 0.497 e. The molecule has 0 fully saturated rings. The van der Waals surface area contributed by atoms with E-state index >= 15 is 0 Å². The van der Waals surface area contributed by atoms with E-state index in [1.807, 2.05) is 19.9 Å². The van der Waals surface area contributed by atoms with Crippen molar-refractivity contribution in [3.05, 3.63) is 30.0 Å². The summed E-state index contributed by atoms with van der Waals surface area (Å²) in [7, 11) is 1.56. The number of hydrogen-bond donors (Lipinski definition) is 2. The maximum atomic E-state index is 12.2. The Morgan fingerprint density at radius 1 is 1.35 bits per heavy atom. The summed E-state index contributed by atoms with van der Waals surface area (Å²) in [5.41, 5.74) is 1.16. The zero-order valence-corrected chi connectivity index (χ0v) is 11.8. The second kappa shape index (κ2) is 5.77. The Balaban J connectivity index is 2.27. The van der Waals surface area contributed by atoms with Crippen LogP contribution in [0.1, 0.15) is 24.2 Å². The van der Waals surface area contributed by atoms with Crippen LogP contribution < -0.4 is 10.1 Å². The Labute approximate surface area is 117 Å². The number of hydrogen-bond acceptors (Lipinski definition) is 3. The Morgan fingerprint density at radius 3 is 2.75 bits per heavy atom. The second-order valence-corrected chi connectivity index (χ2v) is 5.05. The lowest BCUT2D eigenvalue weighted by atomic mass is 10.1. The molecule has 1 aromatic heterocycles. The first-order valence-corrected chi connectivity index (χ1v) is 6.50. The van der Waals surface area contributed by atoms with Gasteiger partial charge >= 0.3 is 0 Å². The van der Waals surface area contributed by atoms with Crippen molar-refractivity contribution in [2.45, 2.75) is 13.8 Å². The zero-order valence-electron chi connectivity index (χ0n) is 11.8. The van der Waals surface area contributed by atoms with Gasteiger partial charge in [-0.3, -0.25) is 9.59 Å². The second-order valence-electron chi connectivity index (χ2n) is 5.05. The van der Waals surface area contributed by atoms with Crippen molar-refractivity contribution >= 4 is 22.6 Å². The maximum Gasteiger partial charge on any atom is 0.292 e. The van der Waals surface area contributed by atoms with E-state index in [1.54, 1.807) is 25.4 Å². The molecule has 0 saturated carbocycles. The molecule has 1 heterocycles. The third kappa shape index (κ3) is 2.82. The summed E-state index contributed by atoms with van der Waals surface area (Å²) in [6, 6.07) is 5.36. The number of aromatic amines is 1. The third-order valence-corrected chi connectivity index (χ3v) is 3.01. The summed E-state index contributed by atoms with van der Waals surface area (Å²) in [6.07, 6.45) is 1.56. The average Bonchev–Trinajstić information content (AvgIpc) is 2.86. The Kier molecular flexibility index (Phi) is 4.08. The fourth-order valence-corrected chi connectivity index (χ4v) is 1.91. The predicted octanol–water partition coefficient (Wildman–Crippen LogP) is 2.13. The van der Waals surface area contributed by atoms with Crippen LogP contribution in [0.2, 0.25) is 0 Å². The molecule has 2 N–H and O–H groups in total. The van der Waals surface area contributed by atoms with Crippen LogP contribution in [0.25, 0.3) is 10.9 Å². The first-order chi connectivity index (χ1) is 9.52. The normalized spacial score (nSPS) is 10.8. The highest BCUT2D eigenvalue weighted by molar-refractivity contribution is 6.45. The van der Waals surface area contributed by atoms with Crippen molar-refractivity contribution in [1.82, 2.24) is 10.3 Å². The van der Waals surface area contributed by atoms with Gasteiger partial charge in [0.05, 0.1) is 12.7 Å². The molecule has 20 heavy (non-hydrogen) atoms. The van der Waals surface area contributed by atoms with Crippen LogP contribution in [-0.4, -0.2) is 30.3 Å². The van der Waals surface area contributed by atoms with Gasteiger partial charge in [-0.1, -0.05) is 13.8 Å². The number of aromatic nitrogens is 1. The number of benzene rings is 1. The summed E-state index contributed by atoms with van der Waals surface area (Å²) in [5, 5.41) is 3.32. The first kappa shape index (κ1) is 14.1. The van der Waals surface area contributed by atoms with E-state index < -0.39 is 11.7 Å². The molecule has 2 aromatic rings. The highest BCUT2D eigenvalue weighted by Gasteiger charge is 2.20. The molecule has 106 valence electrons. The number of amides is 1. The van der Waals surface area contributed by atoms with Crippen molar-refractivity contribution < 1.29 is 14.3 Å². The lowest BCUT2D eigenvalue weighted by Gasteiger charge is -2.06. The average molecular weight is 274 g/mol. The quantitative estimate of drug-likeness (QED) is 0.648. The summed E-state index contributed by atoms with van der Waals surface area (Å²) in [4.78, 5) is 27.0. The number of ether oxygens (including phenoxy) is 1. The molecule has 5 nitrogen and oxygen atoms in total. The summed E-state index contributed by atoms with van der Waals surface area (Å²) in [6.45, 7) is 4.43. The zero-order chi connectivity index (χ0) is 14.7. The molecule has 0 aliphatic heterocycles. The van der Waals surface area contributed by atoms with Crippen LogP contribution in [0, 0.1) is 5.92 Å². The molecule has 0 radical (unpaired) electrons. The highest BCUT2D eigenvalue weighted by atomic mass is 16.5. The Bertz CT molecular complexity index is 644. The SMILES string of the molecule is COc1ccc2[nH]cc(C(=O)C(=O)NCC(C)C)c2c1. The molecule has 5 heteroatoms. The molecule has 0 aliphatic rings. The number of H-pyrrole nitrogens is 1. The molecule has 0 bridgehead atoms. The van der Waals surface area contributed by atoms with Gasteiger partial charge in [0.25, 0.3) is 11.7 Å². The summed E-state index contributed by atoms with van der Waals surface area (Å²) in [5.74, 6) is -0.170. The Hall–Kier alpha value is -2.30. The van der Waals surface area contributed by atoms with Gasteiger partial charge < -0.3 is 15.0 Å². The van der Waals surface area contributed by atoms with Gasteiger partial charge in [-0.2, -0.15) is 0 Å². The fourth-order valence-electron chi connectivity index (χ4n) is 1.91. The molecule has 0 aliphatic carbocycles. The number of methoxy groups -OCH3 is 1. The van der Waals surface area contributed by atoms with Crippen LogP contribution in [0.4, 0.5) is 0 Å². The van der Waals surface area contributed by atoms with Crippen molar-refractivity contribution in [3.8, 4) is 5.75 Å². The molecular formula is C15H18N2O3. The van der Waals surface area contributed by atoms with Crippen molar-refractivity contribution in [1.29, 1.82) is 0 Å². The van der Waals surface area contributed by atoms with Crippen LogP contribution >= 0.6 is 0 Å². The third-order valence-electron chi connectivity index (χ3n) is 3.01. The number of carbonyl (C=O) groups is 2. The smallest absolute Gasteiger partial charge is 0.292 e. The van der Waals surface area contributed by atoms with E-state index in [0.717, 1.165) is 5.52 Å². The van der Waals surface area contributed by atoms with Gasteiger partial charge in [0, 0.05) is 23.6 Å². The van der Waals surface area contributed by atoms with E-state index in [0.29, 0.717) is 29.2 Å². The molecule has 0 unspecified atom stereocenters. The predicted molar refractivity (Wildman–Crippen MR) is 77.0 cm³/mol. The summed E-state index contributed by atoms with van der Waals surface area (Å²) < 4.78 is 5.14. The van der Waals surface area contributed by atoms with Crippen molar-refractivity contribution in [2.75, 3.05) is 13.7 Å². The number of Topliss-reactive ketones (excluding diaryl/α,β-unsaturated/α-hetero) is 1. The number of ketones is 1. The van der Waals surface area contributed by atoms with Gasteiger partial charge in [-0.05, 0) is 24.1 Å². The van der Waals surface area contributed by atoms with E-state index in [2.05, 4.69) is 10.3 Å². The van der Waals surface area contributed by atoms with Crippen LogP contribution in [-0.2, 0) is 4.79 Å². The molecule has 1 amide bonds. The molecule has 1 aromatic carbocycles. The van der Waals surface area contributed by atoms with Crippen LogP contribution in [0.3, 0.4) is 0 Å². The van der Waals surface area contributed by atoms with E-state index in [4.69, 9.17) is 4.74 Å². The summed E-state index contributed by atoms with van der Waals surface area (Å²) >= 11 is 0. The van der Waals surface area contributed by atoms with Crippen LogP contribution in [0.15, 0.2) is 24.4 Å². The topological polar surface area (TPSA) is 71.2 Å². The number of carbonyl (C=O) groups excluding carboxylic acids is 2. The number of fused-ring (bicyclic) bond motifs is 1. The highest BCUT2D eigenvalue weighted by Crippen LogP contribution is 2.23. The van der Waals surface area contributed by atoms with Crippen LogP contribution in [0.5, 0.6) is 5.75 Å². The van der Waals surface area contributed by atoms with E-state index in [-0.39, 0.29) is 0 Å². The molecular weight excluding hydrogens is 256 g/mol. The fraction of sp³-hybridized carbons (Fsp3) is 0.333. The lowest BCUT2D eigenvalue weighted by molar-refractivity contribution is -0.117. The van der Waals surface area contributed by atoms with Gasteiger partial charge in [0.2, 0.25) is 0 Å². The number of nitrogens with one attached hydrogen (secondary N) is 2. The van der Waals surface area contributed by atoms with Gasteiger partial charge in [0.15, 0.2) is 0 Å². The molecule has 0 saturated heterocycles. The molecule has 2 rings (SSSR count). The molecule has 0 spiro atoms. The number of rotatable bonds is 5. The van der Waals surface area contributed by atoms with E-state index in [1.165, 1.54) is 0 Å². The minimum absolute atomic E-state index is 0.301. The standard InChI is InChI=1S/C15H18N2O3/c1-9(2)7-17-15(19)14(18)12-8-16-13-5-4-10(20-3)6-11(12)13/h4-6,8-9,16H,7H2,1-3H3,(H,17,19). The van der Waals surface area contributed by atoms with E-state index in [9.17, 15) is 9.59 Å². The minimum atomic E-state index is -0.581. The van der Waals surface area contributed by atoms with Crippen molar-refractivity contribution in [3.63, 3.8) is 0 Å². The van der Waals surface area contributed by atoms with Gasteiger partial charge in [-0.15, -0.1) is 0 Å². The van der Waals surface area contributed by atoms with Gasteiger partial charge in [-0.25, -0.2) is 0 Å². The monoisotopic (exact) mass is 274 g/mol. The molecule has 0 atom stereocenters. The minimum Gasteiger partial charge on any atom is -0.497 e. The van der Waals surface area contributed by atoms with Crippen molar-refractivity contribution in [2.24, 2.45) is 5.92 Å².